The maximum atomic E-state index is 12.3. The number of rotatable bonds is 7. The number of ether oxygens (including phenoxy) is 1. The summed E-state index contributed by atoms with van der Waals surface area (Å²) < 4.78 is 8.20. The van der Waals surface area contributed by atoms with Gasteiger partial charge in [0.25, 0.3) is 5.91 Å². The third kappa shape index (κ3) is 5.08. The van der Waals surface area contributed by atoms with Crippen molar-refractivity contribution in [2.75, 3.05) is 20.1 Å². The summed E-state index contributed by atoms with van der Waals surface area (Å²) in [5.74, 6) is 0.597. The van der Waals surface area contributed by atoms with Crippen LogP contribution in [0.2, 0.25) is 5.02 Å². The fraction of sp³-hybridized carbons (Fsp3) is 0.333. The number of benzene rings is 2. The number of amides is 1. The molecule has 4 aromatic rings. The molecule has 0 spiro atoms. The summed E-state index contributed by atoms with van der Waals surface area (Å²) in [5.41, 5.74) is 9.79. The molecule has 0 radical (unpaired) electrons. The molecule has 1 amide bonds. The van der Waals surface area contributed by atoms with Crippen molar-refractivity contribution in [2.45, 2.75) is 32.3 Å². The lowest BCUT2D eigenvalue weighted by molar-refractivity contribution is 0.0998. The molecule has 3 heterocycles. The molecule has 2 aromatic heterocycles. The van der Waals surface area contributed by atoms with E-state index in [9.17, 15) is 4.79 Å². The number of primary amides is 1. The predicted molar refractivity (Wildman–Crippen MR) is 142 cm³/mol. The van der Waals surface area contributed by atoms with Crippen LogP contribution in [0.1, 0.15) is 46.7 Å². The van der Waals surface area contributed by atoms with Gasteiger partial charge in [-0.1, -0.05) is 35.9 Å². The number of carbonyl (C=O) groups is 1. The first-order valence-electron chi connectivity index (χ1n) is 11.9. The van der Waals surface area contributed by atoms with Crippen molar-refractivity contribution in [1.29, 1.82) is 0 Å². The molecule has 0 aliphatic carbocycles. The number of nitrogens with zero attached hydrogens (tertiary/aromatic N) is 3. The van der Waals surface area contributed by atoms with Gasteiger partial charge in [0.2, 0.25) is 0 Å². The van der Waals surface area contributed by atoms with Gasteiger partial charge in [0.05, 0.1) is 11.0 Å². The minimum absolute atomic E-state index is 0.344. The number of aromatic nitrogens is 2. The summed E-state index contributed by atoms with van der Waals surface area (Å²) in [7, 11) is 2.20. The van der Waals surface area contributed by atoms with E-state index in [0.717, 1.165) is 34.6 Å². The number of nitrogens with two attached hydrogens (primary N) is 1. The number of hydrogen-bond acceptors (Lipinski definition) is 5. The van der Waals surface area contributed by atoms with Gasteiger partial charge in [-0.25, -0.2) is 4.98 Å². The third-order valence-corrected chi connectivity index (χ3v) is 8.13. The minimum atomic E-state index is -0.519. The summed E-state index contributed by atoms with van der Waals surface area (Å²) >= 11 is 7.66. The molecule has 0 saturated carbocycles. The molecule has 1 fully saturated rings. The number of thiophene rings is 1. The van der Waals surface area contributed by atoms with Crippen molar-refractivity contribution >= 4 is 39.9 Å². The van der Waals surface area contributed by atoms with Crippen molar-refractivity contribution in [3.63, 3.8) is 0 Å². The Hall–Kier alpha value is -2.87. The Labute approximate surface area is 214 Å². The van der Waals surface area contributed by atoms with Gasteiger partial charge in [0.1, 0.15) is 28.1 Å². The molecule has 6 nitrogen and oxygen atoms in total. The first kappa shape index (κ1) is 23.9. The summed E-state index contributed by atoms with van der Waals surface area (Å²) in [6.45, 7) is 4.22. The molecule has 1 aliphatic heterocycles. The fourth-order valence-corrected chi connectivity index (χ4v) is 6.14. The number of fused-ring (bicyclic) bond motifs is 1. The van der Waals surface area contributed by atoms with E-state index in [1.54, 1.807) is 6.33 Å². The van der Waals surface area contributed by atoms with Crippen molar-refractivity contribution in [2.24, 2.45) is 11.7 Å². The Bertz CT molecular complexity index is 1360. The van der Waals surface area contributed by atoms with Crippen LogP contribution in [0.25, 0.3) is 16.0 Å². The molecule has 35 heavy (non-hydrogen) atoms. The van der Waals surface area contributed by atoms with Crippen LogP contribution >= 0.6 is 22.9 Å². The van der Waals surface area contributed by atoms with Gasteiger partial charge in [-0.2, -0.15) is 0 Å². The number of imidazole rings is 1. The molecule has 2 aromatic carbocycles. The monoisotopic (exact) mass is 508 g/mol. The number of halogens is 1. The lowest BCUT2D eigenvalue weighted by Crippen LogP contribution is -2.32. The van der Waals surface area contributed by atoms with Gasteiger partial charge < -0.3 is 15.4 Å². The van der Waals surface area contributed by atoms with Crippen LogP contribution in [0.5, 0.6) is 5.75 Å². The standard InChI is InChI=1S/C27H29ClN4O2S/c1-17(20-7-3-4-8-21(20)28)34-24-14-25(35-26(24)27(29)33)32-16-30-22-10-9-18(13-23(22)32)12-19-6-5-11-31(2)15-19/h3-4,7-10,13-14,16-17,19H,5-6,11-12,15H2,1-2H3,(H2,29,33)/t17-,19+/m1/s1. The third-order valence-electron chi connectivity index (χ3n) is 6.65. The number of hydrogen-bond donors (Lipinski definition) is 1. The van der Waals surface area contributed by atoms with Gasteiger partial charge in [-0.3, -0.25) is 9.36 Å². The quantitative estimate of drug-likeness (QED) is 0.339. The van der Waals surface area contributed by atoms with E-state index in [-0.39, 0.29) is 6.10 Å². The van der Waals surface area contributed by atoms with E-state index in [2.05, 4.69) is 35.1 Å². The lowest BCUT2D eigenvalue weighted by atomic mass is 9.91. The average Bonchev–Trinajstić information content (AvgIpc) is 3.43. The Morgan fingerprint density at radius 1 is 1.29 bits per heavy atom. The number of likely N-dealkylation sites (tertiary alicyclic amines) is 1. The molecule has 0 bridgehead atoms. The number of carbonyl (C=O) groups excluding carboxylic acids is 1. The Kier molecular flexibility index (Phi) is 6.82. The van der Waals surface area contributed by atoms with Gasteiger partial charge in [-0.15, -0.1) is 11.3 Å². The molecule has 2 N–H and O–H groups in total. The normalized spacial score (nSPS) is 17.5. The Morgan fingerprint density at radius 3 is 2.89 bits per heavy atom. The summed E-state index contributed by atoms with van der Waals surface area (Å²) in [6, 6.07) is 15.9. The molecule has 2 atom stereocenters. The van der Waals surface area contributed by atoms with E-state index in [1.807, 2.05) is 41.8 Å². The van der Waals surface area contributed by atoms with Crippen LogP contribution in [0, 0.1) is 5.92 Å². The van der Waals surface area contributed by atoms with Crippen LogP contribution in [-0.4, -0.2) is 40.5 Å². The van der Waals surface area contributed by atoms with E-state index in [0.29, 0.717) is 21.6 Å². The smallest absolute Gasteiger partial charge is 0.262 e. The molecule has 182 valence electrons. The maximum absolute atomic E-state index is 12.3. The summed E-state index contributed by atoms with van der Waals surface area (Å²) in [4.78, 5) is 19.6. The highest BCUT2D eigenvalue weighted by molar-refractivity contribution is 7.16. The zero-order chi connectivity index (χ0) is 24.5. The topological polar surface area (TPSA) is 73.4 Å². The van der Waals surface area contributed by atoms with Crippen molar-refractivity contribution in [1.82, 2.24) is 14.5 Å². The van der Waals surface area contributed by atoms with Gasteiger partial charge in [-0.05, 0) is 69.5 Å². The van der Waals surface area contributed by atoms with E-state index in [1.165, 1.54) is 36.3 Å². The zero-order valence-electron chi connectivity index (χ0n) is 19.9. The van der Waals surface area contributed by atoms with Gasteiger partial charge in [0, 0.05) is 23.2 Å². The molecule has 8 heteroatoms. The second-order valence-electron chi connectivity index (χ2n) is 9.34. The van der Waals surface area contributed by atoms with Gasteiger partial charge >= 0.3 is 0 Å². The zero-order valence-corrected chi connectivity index (χ0v) is 21.5. The van der Waals surface area contributed by atoms with Crippen molar-refractivity contribution < 1.29 is 9.53 Å². The number of piperidine rings is 1. The van der Waals surface area contributed by atoms with Crippen LogP contribution in [-0.2, 0) is 6.42 Å². The van der Waals surface area contributed by atoms with Crippen LogP contribution in [0.4, 0.5) is 0 Å². The second kappa shape index (κ2) is 10.0. The Balaban J connectivity index is 1.45. The maximum Gasteiger partial charge on any atom is 0.262 e. The molecule has 0 unspecified atom stereocenters. The second-order valence-corrected chi connectivity index (χ2v) is 10.8. The average molecular weight is 509 g/mol. The van der Waals surface area contributed by atoms with E-state index in [4.69, 9.17) is 22.1 Å². The SMILES string of the molecule is C[C@@H](Oc1cc(-n2cnc3ccc(C[C@@H]4CCCN(C)C4)cc32)sc1C(N)=O)c1ccccc1Cl. The largest absolute Gasteiger partial charge is 0.484 e. The Morgan fingerprint density at radius 2 is 2.11 bits per heavy atom. The fourth-order valence-electron chi connectivity index (χ4n) is 4.93. The highest BCUT2D eigenvalue weighted by Crippen LogP contribution is 2.37. The predicted octanol–water partition coefficient (Wildman–Crippen LogP) is 5.86. The van der Waals surface area contributed by atoms with Crippen LogP contribution < -0.4 is 10.5 Å². The molecule has 5 rings (SSSR count). The molecule has 1 aliphatic rings. The van der Waals surface area contributed by atoms with Crippen molar-refractivity contribution in [3.05, 3.63) is 75.9 Å². The van der Waals surface area contributed by atoms with Gasteiger partial charge in [0.15, 0.2) is 0 Å². The van der Waals surface area contributed by atoms with E-state index >= 15 is 0 Å². The van der Waals surface area contributed by atoms with Crippen LogP contribution in [0.3, 0.4) is 0 Å². The highest BCUT2D eigenvalue weighted by atomic mass is 35.5. The lowest BCUT2D eigenvalue weighted by Gasteiger charge is -2.29. The molecular weight excluding hydrogens is 480 g/mol. The van der Waals surface area contributed by atoms with E-state index < -0.39 is 5.91 Å². The molecular formula is C27H29ClN4O2S. The van der Waals surface area contributed by atoms with Crippen LogP contribution in [0.15, 0.2) is 54.9 Å². The minimum Gasteiger partial charge on any atom is -0.484 e. The molecule has 1 saturated heterocycles. The summed E-state index contributed by atoms with van der Waals surface area (Å²) in [5, 5.41) is 1.45. The van der Waals surface area contributed by atoms with Crippen molar-refractivity contribution in [3.8, 4) is 10.8 Å². The summed E-state index contributed by atoms with van der Waals surface area (Å²) in [6.07, 6.45) is 5.01. The highest BCUT2D eigenvalue weighted by Gasteiger charge is 2.22. The first-order chi connectivity index (χ1) is 16.9. The first-order valence-corrected chi connectivity index (χ1v) is 13.1.